The van der Waals surface area contributed by atoms with Crippen LogP contribution in [0.2, 0.25) is 0 Å². The molecule has 0 bridgehead atoms. The first-order chi connectivity index (χ1) is 9.24. The van der Waals surface area contributed by atoms with Crippen molar-refractivity contribution in [3.8, 4) is 0 Å². The Morgan fingerprint density at radius 2 is 2.26 bits per heavy atom. The Balaban J connectivity index is 1.68. The van der Waals surface area contributed by atoms with Gasteiger partial charge in [0, 0.05) is 32.4 Å². The van der Waals surface area contributed by atoms with Crippen LogP contribution in [0.25, 0.3) is 0 Å². The van der Waals surface area contributed by atoms with E-state index in [1.807, 2.05) is 11.1 Å². The molecule has 0 spiro atoms. The molecule has 0 aliphatic carbocycles. The van der Waals surface area contributed by atoms with E-state index in [1.54, 1.807) is 0 Å². The average Bonchev–Trinajstić information content (AvgIpc) is 2.84. The van der Waals surface area contributed by atoms with Crippen molar-refractivity contribution < 1.29 is 9.53 Å². The van der Waals surface area contributed by atoms with Gasteiger partial charge in [-0.3, -0.25) is 4.79 Å². The minimum atomic E-state index is 0.152. The molecule has 1 unspecified atom stereocenters. The number of amides is 1. The van der Waals surface area contributed by atoms with Gasteiger partial charge in [0.15, 0.2) is 0 Å². The van der Waals surface area contributed by atoms with Crippen LogP contribution in [0.4, 0.5) is 0 Å². The zero-order valence-corrected chi connectivity index (χ0v) is 11.3. The Kier molecular flexibility index (Phi) is 3.52. The number of hydrogen-bond acceptors (Lipinski definition) is 4. The van der Waals surface area contributed by atoms with Crippen molar-refractivity contribution in [3.05, 3.63) is 17.7 Å². The smallest absolute Gasteiger partial charge is 0.228 e. The molecule has 1 N–H and O–H groups in total. The van der Waals surface area contributed by atoms with Crippen LogP contribution in [0.5, 0.6) is 0 Å². The van der Waals surface area contributed by atoms with Crippen LogP contribution in [0.1, 0.15) is 24.5 Å². The van der Waals surface area contributed by atoms with Crippen LogP contribution >= 0.6 is 0 Å². The van der Waals surface area contributed by atoms with Crippen molar-refractivity contribution >= 4 is 5.91 Å². The van der Waals surface area contributed by atoms with E-state index in [4.69, 9.17) is 4.74 Å². The topological polar surface area (TPSA) is 59.4 Å². The Morgan fingerprint density at radius 3 is 3.00 bits per heavy atom. The quantitative estimate of drug-likeness (QED) is 0.813. The molecule has 2 aliphatic rings. The van der Waals surface area contributed by atoms with Crippen LogP contribution in [-0.4, -0.2) is 53.2 Å². The van der Waals surface area contributed by atoms with Gasteiger partial charge >= 0.3 is 0 Å². The summed E-state index contributed by atoms with van der Waals surface area (Å²) >= 11 is 0. The number of morpholine rings is 1. The molecule has 104 valence electrons. The van der Waals surface area contributed by atoms with Crippen LogP contribution in [0, 0.1) is 0 Å². The molecule has 6 heteroatoms. The SMILES string of the molecule is CC1NCCn2cc(CC(=O)N3CCOCC3)nc21. The maximum atomic E-state index is 12.2. The summed E-state index contributed by atoms with van der Waals surface area (Å²) in [5.41, 5.74) is 0.877. The van der Waals surface area contributed by atoms with Crippen LogP contribution in [0.3, 0.4) is 0 Å². The summed E-state index contributed by atoms with van der Waals surface area (Å²) in [6.07, 6.45) is 2.41. The standard InChI is InChI=1S/C13H20N4O2/c1-10-13-15-11(9-17(13)3-2-14-10)8-12(18)16-4-6-19-7-5-16/h9-10,14H,2-8H2,1H3. The second kappa shape index (κ2) is 5.30. The van der Waals surface area contributed by atoms with Gasteiger partial charge in [-0.05, 0) is 6.92 Å². The van der Waals surface area contributed by atoms with Crippen molar-refractivity contribution in [2.75, 3.05) is 32.8 Å². The average molecular weight is 264 g/mol. The molecule has 1 amide bonds. The third-order valence-electron chi connectivity index (χ3n) is 3.74. The number of aromatic nitrogens is 2. The highest BCUT2D eigenvalue weighted by Crippen LogP contribution is 2.16. The van der Waals surface area contributed by atoms with Gasteiger partial charge in [0.2, 0.25) is 5.91 Å². The summed E-state index contributed by atoms with van der Waals surface area (Å²) in [6, 6.07) is 0.265. The van der Waals surface area contributed by atoms with Gasteiger partial charge in [-0.15, -0.1) is 0 Å². The molecule has 0 radical (unpaired) electrons. The molecule has 1 aromatic heterocycles. The highest BCUT2D eigenvalue weighted by molar-refractivity contribution is 5.78. The number of nitrogens with zero attached hydrogens (tertiary/aromatic N) is 3. The fourth-order valence-corrected chi connectivity index (χ4v) is 2.67. The van der Waals surface area contributed by atoms with Crippen molar-refractivity contribution in [3.63, 3.8) is 0 Å². The van der Waals surface area contributed by atoms with Gasteiger partial charge in [-0.25, -0.2) is 4.98 Å². The molecule has 0 aromatic carbocycles. The van der Waals surface area contributed by atoms with Gasteiger partial charge in [0.05, 0.1) is 31.4 Å². The number of imidazole rings is 1. The van der Waals surface area contributed by atoms with Crippen LogP contribution in [0.15, 0.2) is 6.20 Å². The predicted octanol–water partition coefficient (Wildman–Crippen LogP) is -0.0514. The van der Waals surface area contributed by atoms with E-state index >= 15 is 0 Å². The lowest BCUT2D eigenvalue weighted by Gasteiger charge is -2.26. The zero-order chi connectivity index (χ0) is 13.2. The maximum absolute atomic E-state index is 12.2. The Morgan fingerprint density at radius 1 is 1.47 bits per heavy atom. The second-order valence-corrected chi connectivity index (χ2v) is 5.13. The number of rotatable bonds is 2. The Hall–Kier alpha value is -1.40. The first kappa shape index (κ1) is 12.6. The van der Waals surface area contributed by atoms with E-state index in [0.29, 0.717) is 32.7 Å². The molecule has 1 atom stereocenters. The number of carbonyl (C=O) groups is 1. The maximum Gasteiger partial charge on any atom is 0.228 e. The Bertz CT molecular complexity index is 465. The second-order valence-electron chi connectivity index (χ2n) is 5.13. The molecule has 3 rings (SSSR count). The lowest BCUT2D eigenvalue weighted by atomic mass is 10.2. The highest BCUT2D eigenvalue weighted by atomic mass is 16.5. The van der Waals surface area contributed by atoms with Crippen molar-refractivity contribution in [2.24, 2.45) is 0 Å². The fourth-order valence-electron chi connectivity index (χ4n) is 2.67. The van der Waals surface area contributed by atoms with Crippen molar-refractivity contribution in [1.29, 1.82) is 0 Å². The highest BCUT2D eigenvalue weighted by Gasteiger charge is 2.22. The fraction of sp³-hybridized carbons (Fsp3) is 0.692. The summed E-state index contributed by atoms with van der Waals surface area (Å²) in [4.78, 5) is 18.6. The van der Waals surface area contributed by atoms with E-state index < -0.39 is 0 Å². The van der Waals surface area contributed by atoms with E-state index in [2.05, 4.69) is 21.8 Å². The number of fused-ring (bicyclic) bond motifs is 1. The van der Waals surface area contributed by atoms with E-state index in [1.165, 1.54) is 0 Å². The zero-order valence-electron chi connectivity index (χ0n) is 11.3. The molecule has 6 nitrogen and oxygen atoms in total. The van der Waals surface area contributed by atoms with Crippen LogP contribution < -0.4 is 5.32 Å². The molecule has 3 heterocycles. The molecular weight excluding hydrogens is 244 g/mol. The van der Waals surface area contributed by atoms with Gasteiger partial charge < -0.3 is 19.5 Å². The minimum Gasteiger partial charge on any atom is -0.378 e. The number of hydrogen-bond donors (Lipinski definition) is 1. The van der Waals surface area contributed by atoms with E-state index in [-0.39, 0.29) is 11.9 Å². The number of carbonyl (C=O) groups excluding carboxylic acids is 1. The van der Waals surface area contributed by atoms with Gasteiger partial charge in [0.25, 0.3) is 0 Å². The van der Waals surface area contributed by atoms with Crippen molar-refractivity contribution in [2.45, 2.75) is 25.9 Å². The van der Waals surface area contributed by atoms with E-state index in [9.17, 15) is 4.79 Å². The molecular formula is C13H20N4O2. The first-order valence-electron chi connectivity index (χ1n) is 6.89. The van der Waals surface area contributed by atoms with Gasteiger partial charge in [-0.2, -0.15) is 0 Å². The number of nitrogens with one attached hydrogen (secondary N) is 1. The molecule has 2 aliphatic heterocycles. The first-order valence-corrected chi connectivity index (χ1v) is 6.89. The molecule has 1 saturated heterocycles. The summed E-state index contributed by atoms with van der Waals surface area (Å²) < 4.78 is 7.41. The summed E-state index contributed by atoms with van der Waals surface area (Å²) in [5.74, 6) is 1.19. The molecule has 1 fully saturated rings. The third-order valence-corrected chi connectivity index (χ3v) is 3.74. The van der Waals surface area contributed by atoms with Crippen LogP contribution in [-0.2, 0) is 22.5 Å². The third kappa shape index (κ3) is 2.64. The summed E-state index contributed by atoms with van der Waals surface area (Å²) in [5, 5.41) is 3.37. The predicted molar refractivity (Wildman–Crippen MR) is 69.7 cm³/mol. The molecule has 19 heavy (non-hydrogen) atoms. The van der Waals surface area contributed by atoms with Crippen molar-refractivity contribution in [1.82, 2.24) is 19.8 Å². The monoisotopic (exact) mass is 264 g/mol. The lowest BCUT2D eigenvalue weighted by molar-refractivity contribution is -0.134. The minimum absolute atomic E-state index is 0.152. The Labute approximate surface area is 112 Å². The number of ether oxygens (including phenoxy) is 1. The lowest BCUT2D eigenvalue weighted by Crippen LogP contribution is -2.41. The molecule has 1 aromatic rings. The van der Waals surface area contributed by atoms with Gasteiger partial charge in [0.1, 0.15) is 5.82 Å². The largest absolute Gasteiger partial charge is 0.378 e. The molecule has 0 saturated carbocycles. The summed E-state index contributed by atoms with van der Waals surface area (Å²) in [7, 11) is 0. The van der Waals surface area contributed by atoms with E-state index in [0.717, 1.165) is 24.6 Å². The normalized spacial score (nSPS) is 23.2. The van der Waals surface area contributed by atoms with Gasteiger partial charge in [-0.1, -0.05) is 0 Å². The summed E-state index contributed by atoms with van der Waals surface area (Å²) in [6.45, 7) is 6.68.